The van der Waals surface area contributed by atoms with Crippen molar-refractivity contribution in [3.8, 4) is 0 Å². The molecule has 8 heteroatoms. The molecule has 0 aromatic rings. The zero-order valence-electron chi connectivity index (χ0n) is 3.97. The van der Waals surface area contributed by atoms with E-state index in [1.165, 1.54) is 0 Å². The van der Waals surface area contributed by atoms with Gasteiger partial charge in [0.25, 0.3) is 0 Å². The van der Waals surface area contributed by atoms with Crippen molar-refractivity contribution in [1.29, 1.82) is 0 Å². The summed E-state index contributed by atoms with van der Waals surface area (Å²) in [6, 6.07) is 0. The Morgan fingerprint density at radius 2 is 1.38 bits per heavy atom. The van der Waals surface area contributed by atoms with E-state index in [1.807, 2.05) is 0 Å². The minimum absolute atomic E-state index is 0. The van der Waals surface area contributed by atoms with Gasteiger partial charge in [0, 0.05) is 0 Å². The van der Waals surface area contributed by atoms with E-state index in [9.17, 15) is 0 Å². The quantitative estimate of drug-likeness (QED) is 0.149. The molecule has 44 valence electrons. The first-order valence-electron chi connectivity index (χ1n) is 0.913. The van der Waals surface area contributed by atoms with E-state index in [0.717, 1.165) is 0 Å². The van der Waals surface area contributed by atoms with Crippen LogP contribution in [0.2, 0.25) is 0 Å². The monoisotopic (exact) mass is 119 g/mol. The molecule has 0 saturated carbocycles. The van der Waals surface area contributed by atoms with E-state index in [2.05, 4.69) is 5.04 Å². The normalized spacial score (nSPS) is 5.25. The zero-order chi connectivity index (χ0) is 6.28. The molecule has 0 aliphatic rings. The Morgan fingerprint density at radius 3 is 1.38 bits per heavy atom. The van der Waals surface area contributed by atoms with Crippen LogP contribution < -0.4 is 18.9 Å². The summed E-state index contributed by atoms with van der Waals surface area (Å²) >= 11 is 0. The molecule has 0 heterocycles. The van der Waals surface area contributed by atoms with Crippen LogP contribution in [0.3, 0.4) is 0 Å². The third-order valence-corrected chi connectivity index (χ3v) is 0. The fourth-order valence-corrected chi connectivity index (χ4v) is 0. The molecule has 0 aromatic carbocycles. The van der Waals surface area contributed by atoms with Gasteiger partial charge in [-0.3, -0.25) is 0 Å². The minimum Gasteiger partial charge on any atom is -0.356 e. The van der Waals surface area contributed by atoms with E-state index < -0.39 is 5.09 Å². The smallest absolute Gasteiger partial charge is 0.356 e. The van der Waals surface area contributed by atoms with Gasteiger partial charge in [0.1, 0.15) is 0 Å². The zero-order valence-corrected chi connectivity index (χ0v) is 3.97. The average Bonchev–Trinajstić information content (AvgIpc) is 1.33. The second-order valence-corrected chi connectivity index (χ2v) is 0.305. The molecule has 0 aliphatic carbocycles. The van der Waals surface area contributed by atoms with Gasteiger partial charge in [-0.2, -0.15) is 0 Å². The number of hydrogen-bond donors (Lipinski definition) is 2. The molecule has 0 amide bonds. The standard InChI is InChI=1S/Li.NO3.H2O3/c;2-1(3)4;1-3-2/h;;1-2H/q+1;-1;. The molecular formula is H2LiNO6. The van der Waals surface area contributed by atoms with E-state index in [0.29, 0.717) is 0 Å². The molecule has 0 spiro atoms. The molecule has 0 bridgehead atoms. The van der Waals surface area contributed by atoms with Crippen molar-refractivity contribution in [2.75, 3.05) is 0 Å². The maximum atomic E-state index is 8.25. The van der Waals surface area contributed by atoms with Crippen LogP contribution >= 0.6 is 0 Å². The second kappa shape index (κ2) is 15.9. The summed E-state index contributed by atoms with van der Waals surface area (Å²) in [7, 11) is 0. The fourth-order valence-electron chi connectivity index (χ4n) is 0. The third kappa shape index (κ3) is 1190. The molecule has 8 heavy (non-hydrogen) atoms. The molecule has 0 aliphatic heterocycles. The Balaban J connectivity index is -0.0000000575. The van der Waals surface area contributed by atoms with E-state index >= 15 is 0 Å². The van der Waals surface area contributed by atoms with Crippen molar-refractivity contribution in [2.45, 2.75) is 0 Å². The van der Waals surface area contributed by atoms with Gasteiger partial charge in [-0.25, -0.2) is 10.5 Å². The van der Waals surface area contributed by atoms with Crippen LogP contribution in [0.15, 0.2) is 0 Å². The van der Waals surface area contributed by atoms with Crippen molar-refractivity contribution in [3.63, 3.8) is 0 Å². The largest absolute Gasteiger partial charge is 1.00 e. The van der Waals surface area contributed by atoms with Crippen molar-refractivity contribution in [1.82, 2.24) is 0 Å². The second-order valence-electron chi connectivity index (χ2n) is 0.305. The topological polar surface area (TPSA) is 116 Å². The summed E-state index contributed by atoms with van der Waals surface area (Å²) < 4.78 is 0. The molecule has 0 saturated heterocycles. The van der Waals surface area contributed by atoms with Gasteiger partial charge in [0.05, 0.1) is 5.09 Å². The molecule has 0 fully saturated rings. The fraction of sp³-hybridized carbons (Fsp3) is 0. The Morgan fingerprint density at radius 1 is 1.38 bits per heavy atom. The van der Waals surface area contributed by atoms with E-state index in [1.54, 1.807) is 0 Å². The van der Waals surface area contributed by atoms with E-state index in [-0.39, 0.29) is 18.9 Å². The first-order valence-corrected chi connectivity index (χ1v) is 0.913. The summed E-state index contributed by atoms with van der Waals surface area (Å²) in [6.45, 7) is 0. The minimum atomic E-state index is -1.75. The molecule has 0 radical (unpaired) electrons. The maximum absolute atomic E-state index is 8.25. The Hall–Kier alpha value is -0.323. The van der Waals surface area contributed by atoms with E-state index in [4.69, 9.17) is 25.8 Å². The first-order chi connectivity index (χ1) is 3.15. The first kappa shape index (κ1) is 15.6. The van der Waals surface area contributed by atoms with Crippen molar-refractivity contribution < 1.29 is 39.5 Å². The number of rotatable bonds is 0. The van der Waals surface area contributed by atoms with Gasteiger partial charge in [-0.05, 0) is 0 Å². The van der Waals surface area contributed by atoms with Crippen LogP contribution in [-0.4, -0.2) is 15.6 Å². The summed E-state index contributed by atoms with van der Waals surface area (Å²) in [5, 5.41) is 30.2. The van der Waals surface area contributed by atoms with Crippen molar-refractivity contribution in [3.05, 3.63) is 15.3 Å². The molecule has 0 aromatic heterocycles. The van der Waals surface area contributed by atoms with Crippen molar-refractivity contribution in [2.24, 2.45) is 0 Å². The van der Waals surface area contributed by atoms with Gasteiger partial charge in [-0.15, -0.1) is 0 Å². The molecule has 2 N–H and O–H groups in total. The van der Waals surface area contributed by atoms with Gasteiger partial charge < -0.3 is 15.3 Å². The SMILES string of the molecule is O=[N+]([O-])[O-].OOO.[Li+]. The van der Waals surface area contributed by atoms with Crippen molar-refractivity contribution >= 4 is 0 Å². The number of nitrogens with zero attached hydrogens (tertiary/aromatic N) is 1. The molecule has 7 nitrogen and oxygen atoms in total. The van der Waals surface area contributed by atoms with Gasteiger partial charge in [0.2, 0.25) is 0 Å². The van der Waals surface area contributed by atoms with Crippen LogP contribution in [-0.2, 0) is 5.04 Å². The molecule has 0 unspecified atom stereocenters. The van der Waals surface area contributed by atoms with Gasteiger partial charge in [0.15, 0.2) is 0 Å². The van der Waals surface area contributed by atoms with Gasteiger partial charge in [-0.1, -0.05) is 5.04 Å². The van der Waals surface area contributed by atoms with Crippen LogP contribution in [0.5, 0.6) is 0 Å². The van der Waals surface area contributed by atoms with Gasteiger partial charge >= 0.3 is 18.9 Å². The van der Waals surface area contributed by atoms with Crippen LogP contribution in [0, 0.1) is 15.3 Å². The third-order valence-electron chi connectivity index (χ3n) is 0. The Kier molecular flexibility index (Phi) is 31.1. The number of hydrogen-bond acceptors (Lipinski definition) is 6. The summed E-state index contributed by atoms with van der Waals surface area (Å²) in [6.07, 6.45) is 0. The van der Waals surface area contributed by atoms with Crippen LogP contribution in [0.4, 0.5) is 0 Å². The van der Waals surface area contributed by atoms with Crippen LogP contribution in [0.25, 0.3) is 0 Å². The Bertz CT molecular complexity index is 39.8. The Labute approximate surface area is 55.6 Å². The summed E-state index contributed by atoms with van der Waals surface area (Å²) in [4.78, 5) is 8.25. The summed E-state index contributed by atoms with van der Waals surface area (Å²) in [5.74, 6) is 0. The van der Waals surface area contributed by atoms with Crippen LogP contribution in [0.1, 0.15) is 0 Å². The molecule has 0 atom stereocenters. The molecular weight excluding hydrogens is 117 g/mol. The predicted molar refractivity (Wildman–Crippen MR) is 16.7 cm³/mol. The maximum Gasteiger partial charge on any atom is 1.00 e. The predicted octanol–water partition coefficient (Wildman–Crippen LogP) is -3.29. The average molecular weight is 119 g/mol. The molecule has 0 rings (SSSR count). The summed E-state index contributed by atoms with van der Waals surface area (Å²) in [5.41, 5.74) is 0.